The van der Waals surface area contributed by atoms with Crippen molar-refractivity contribution in [2.75, 3.05) is 5.32 Å². The summed E-state index contributed by atoms with van der Waals surface area (Å²) < 4.78 is 36.9. The van der Waals surface area contributed by atoms with Crippen LogP contribution in [-0.4, -0.2) is 9.97 Å². The fourth-order valence-corrected chi connectivity index (χ4v) is 1.34. The number of halogens is 3. The van der Waals surface area contributed by atoms with E-state index in [0.717, 1.165) is 12.3 Å². The second-order valence-electron chi connectivity index (χ2n) is 3.60. The van der Waals surface area contributed by atoms with E-state index in [1.54, 1.807) is 6.07 Å². The van der Waals surface area contributed by atoms with Crippen molar-refractivity contribution >= 4 is 11.4 Å². The second-order valence-corrected chi connectivity index (χ2v) is 3.60. The fraction of sp³-hybridized carbons (Fsp3) is 0.0833. The molecule has 0 radical (unpaired) electrons. The zero-order valence-electron chi connectivity index (χ0n) is 9.44. The molecule has 0 bridgehead atoms. The SMILES string of the molecule is N#Cc1ccc(Nc2ccc(C(F)(F)F)nc2)cn1. The first-order valence-electron chi connectivity index (χ1n) is 5.15. The molecule has 0 fully saturated rings. The van der Waals surface area contributed by atoms with E-state index in [2.05, 4.69) is 15.3 Å². The molecule has 0 saturated heterocycles. The number of nitrogens with one attached hydrogen (secondary N) is 1. The van der Waals surface area contributed by atoms with E-state index in [1.807, 2.05) is 6.07 Å². The van der Waals surface area contributed by atoms with Crippen molar-refractivity contribution in [1.29, 1.82) is 5.26 Å². The summed E-state index contributed by atoms with van der Waals surface area (Å²) in [4.78, 5) is 7.15. The van der Waals surface area contributed by atoms with E-state index in [-0.39, 0.29) is 5.69 Å². The van der Waals surface area contributed by atoms with Crippen molar-refractivity contribution in [2.24, 2.45) is 0 Å². The van der Waals surface area contributed by atoms with Crippen LogP contribution in [0.3, 0.4) is 0 Å². The third-order valence-corrected chi connectivity index (χ3v) is 2.22. The van der Waals surface area contributed by atoms with Crippen molar-refractivity contribution in [3.8, 4) is 6.07 Å². The Balaban J connectivity index is 2.13. The van der Waals surface area contributed by atoms with Gasteiger partial charge in [0, 0.05) is 0 Å². The summed E-state index contributed by atoms with van der Waals surface area (Å²) in [5.74, 6) is 0. The third kappa shape index (κ3) is 3.19. The van der Waals surface area contributed by atoms with Crippen molar-refractivity contribution in [1.82, 2.24) is 9.97 Å². The van der Waals surface area contributed by atoms with Crippen LogP contribution in [0.2, 0.25) is 0 Å². The first kappa shape index (κ1) is 12.8. The average molecular weight is 264 g/mol. The molecule has 2 aromatic heterocycles. The maximum absolute atomic E-state index is 12.3. The van der Waals surface area contributed by atoms with Gasteiger partial charge in [0.05, 0.1) is 23.8 Å². The predicted octanol–water partition coefficient (Wildman–Crippen LogP) is 3.11. The zero-order chi connectivity index (χ0) is 13.9. The molecule has 2 rings (SSSR count). The number of hydrogen-bond acceptors (Lipinski definition) is 4. The molecule has 2 aromatic rings. The van der Waals surface area contributed by atoms with E-state index in [1.165, 1.54) is 18.3 Å². The van der Waals surface area contributed by atoms with Crippen LogP contribution in [0.15, 0.2) is 36.7 Å². The number of rotatable bonds is 2. The maximum Gasteiger partial charge on any atom is 0.433 e. The molecule has 0 spiro atoms. The summed E-state index contributed by atoms with van der Waals surface area (Å²) >= 11 is 0. The first-order valence-corrected chi connectivity index (χ1v) is 5.15. The fourth-order valence-electron chi connectivity index (χ4n) is 1.34. The van der Waals surface area contributed by atoms with E-state index in [9.17, 15) is 13.2 Å². The highest BCUT2D eigenvalue weighted by Crippen LogP contribution is 2.28. The molecule has 0 aliphatic heterocycles. The number of alkyl halides is 3. The topological polar surface area (TPSA) is 61.6 Å². The summed E-state index contributed by atoms with van der Waals surface area (Å²) in [6.45, 7) is 0. The molecular formula is C12H7F3N4. The van der Waals surface area contributed by atoms with Gasteiger partial charge >= 0.3 is 6.18 Å². The molecule has 7 heteroatoms. The van der Waals surface area contributed by atoms with Crippen LogP contribution in [0.5, 0.6) is 0 Å². The van der Waals surface area contributed by atoms with Crippen LogP contribution in [0.25, 0.3) is 0 Å². The van der Waals surface area contributed by atoms with Crippen LogP contribution in [-0.2, 0) is 6.18 Å². The largest absolute Gasteiger partial charge is 0.433 e. The van der Waals surface area contributed by atoms with E-state index in [4.69, 9.17) is 5.26 Å². The number of nitrogens with zero attached hydrogens (tertiary/aromatic N) is 3. The lowest BCUT2D eigenvalue weighted by atomic mass is 10.3. The molecule has 0 aliphatic carbocycles. The predicted molar refractivity (Wildman–Crippen MR) is 61.5 cm³/mol. The number of aromatic nitrogens is 2. The lowest BCUT2D eigenvalue weighted by Gasteiger charge is -2.08. The molecule has 0 amide bonds. The van der Waals surface area contributed by atoms with Gasteiger partial charge < -0.3 is 5.32 Å². The Morgan fingerprint density at radius 2 is 1.63 bits per heavy atom. The number of hydrogen-bond donors (Lipinski definition) is 1. The van der Waals surface area contributed by atoms with Gasteiger partial charge in [-0.15, -0.1) is 0 Å². The molecule has 0 atom stereocenters. The van der Waals surface area contributed by atoms with Gasteiger partial charge in [0.15, 0.2) is 0 Å². The van der Waals surface area contributed by atoms with Gasteiger partial charge in [-0.2, -0.15) is 18.4 Å². The highest BCUT2D eigenvalue weighted by Gasteiger charge is 2.31. The molecule has 0 aliphatic rings. The van der Waals surface area contributed by atoms with Gasteiger partial charge in [-0.05, 0) is 24.3 Å². The molecule has 4 nitrogen and oxygen atoms in total. The molecule has 96 valence electrons. The van der Waals surface area contributed by atoms with Gasteiger partial charge in [-0.3, -0.25) is 0 Å². The van der Waals surface area contributed by atoms with Gasteiger partial charge in [-0.25, -0.2) is 9.97 Å². The minimum atomic E-state index is -4.45. The van der Waals surface area contributed by atoms with Crippen LogP contribution < -0.4 is 5.32 Å². The lowest BCUT2D eigenvalue weighted by molar-refractivity contribution is -0.141. The summed E-state index contributed by atoms with van der Waals surface area (Å²) in [6.07, 6.45) is -1.95. The summed E-state index contributed by atoms with van der Waals surface area (Å²) in [7, 11) is 0. The number of pyridine rings is 2. The molecule has 0 unspecified atom stereocenters. The summed E-state index contributed by atoms with van der Waals surface area (Å²) in [5, 5.41) is 11.4. The molecular weight excluding hydrogens is 257 g/mol. The molecule has 0 aromatic carbocycles. The quantitative estimate of drug-likeness (QED) is 0.905. The van der Waals surface area contributed by atoms with E-state index >= 15 is 0 Å². The van der Waals surface area contributed by atoms with Crippen LogP contribution in [0.4, 0.5) is 24.5 Å². The van der Waals surface area contributed by atoms with Crippen molar-refractivity contribution in [3.63, 3.8) is 0 Å². The Bertz CT molecular complexity index is 597. The molecule has 0 saturated carbocycles. The van der Waals surface area contributed by atoms with Gasteiger partial charge in [0.1, 0.15) is 17.5 Å². The van der Waals surface area contributed by atoms with Gasteiger partial charge in [-0.1, -0.05) is 0 Å². The van der Waals surface area contributed by atoms with Crippen molar-refractivity contribution < 1.29 is 13.2 Å². The number of anilines is 2. The van der Waals surface area contributed by atoms with Crippen LogP contribution in [0, 0.1) is 11.3 Å². The molecule has 19 heavy (non-hydrogen) atoms. The minimum absolute atomic E-state index is 0.260. The average Bonchev–Trinajstić information content (AvgIpc) is 2.39. The van der Waals surface area contributed by atoms with E-state index in [0.29, 0.717) is 11.4 Å². The monoisotopic (exact) mass is 264 g/mol. The third-order valence-electron chi connectivity index (χ3n) is 2.22. The normalized spacial score (nSPS) is 10.8. The summed E-state index contributed by atoms with van der Waals surface area (Å²) in [6, 6.07) is 7.13. The Morgan fingerprint density at radius 1 is 1.00 bits per heavy atom. The lowest BCUT2D eigenvalue weighted by Crippen LogP contribution is -2.07. The maximum atomic E-state index is 12.3. The Morgan fingerprint density at radius 3 is 2.05 bits per heavy atom. The minimum Gasteiger partial charge on any atom is -0.353 e. The standard InChI is InChI=1S/C12H7F3N4/c13-12(14,15)11-4-3-10(7-18-11)19-9-2-1-8(5-16)17-6-9/h1-4,6-7,19H. The van der Waals surface area contributed by atoms with Crippen molar-refractivity contribution in [3.05, 3.63) is 48.0 Å². The van der Waals surface area contributed by atoms with E-state index < -0.39 is 11.9 Å². The Labute approximate surface area is 106 Å². The summed E-state index contributed by atoms with van der Waals surface area (Å²) in [5.41, 5.74) is 0.271. The second kappa shape index (κ2) is 4.94. The van der Waals surface area contributed by atoms with Crippen molar-refractivity contribution in [2.45, 2.75) is 6.18 Å². The molecule has 1 N–H and O–H groups in total. The van der Waals surface area contributed by atoms with Gasteiger partial charge in [0.25, 0.3) is 0 Å². The number of nitriles is 1. The molecule has 2 heterocycles. The van der Waals surface area contributed by atoms with Gasteiger partial charge in [0.2, 0.25) is 0 Å². The Hall–Kier alpha value is -2.62. The highest BCUT2D eigenvalue weighted by molar-refractivity contribution is 5.58. The zero-order valence-corrected chi connectivity index (χ0v) is 9.44. The highest BCUT2D eigenvalue weighted by atomic mass is 19.4. The van der Waals surface area contributed by atoms with Crippen LogP contribution in [0.1, 0.15) is 11.4 Å². The Kier molecular flexibility index (Phi) is 3.33. The smallest absolute Gasteiger partial charge is 0.353 e. The first-order chi connectivity index (χ1) is 8.99. The van der Waals surface area contributed by atoms with Crippen LogP contribution >= 0.6 is 0 Å².